The SMILES string of the molecule is CNCc1c(C2CCC2)c2ccccc2n1C. The minimum absolute atomic E-state index is 0.796. The topological polar surface area (TPSA) is 17.0 Å². The predicted octanol–water partition coefficient (Wildman–Crippen LogP) is 3.17. The summed E-state index contributed by atoms with van der Waals surface area (Å²) in [7, 11) is 4.22. The number of hydrogen-bond acceptors (Lipinski definition) is 1. The van der Waals surface area contributed by atoms with Crippen molar-refractivity contribution >= 4 is 10.9 Å². The van der Waals surface area contributed by atoms with Crippen LogP contribution in [0.2, 0.25) is 0 Å². The van der Waals surface area contributed by atoms with E-state index in [0.717, 1.165) is 12.5 Å². The Morgan fingerprint density at radius 1 is 1.29 bits per heavy atom. The van der Waals surface area contributed by atoms with Crippen LogP contribution in [0.3, 0.4) is 0 Å². The van der Waals surface area contributed by atoms with Gasteiger partial charge in [0.05, 0.1) is 0 Å². The van der Waals surface area contributed by atoms with Crippen LogP contribution in [0.4, 0.5) is 0 Å². The Labute approximate surface area is 103 Å². The maximum atomic E-state index is 3.31. The summed E-state index contributed by atoms with van der Waals surface area (Å²) in [6.07, 6.45) is 4.13. The van der Waals surface area contributed by atoms with E-state index >= 15 is 0 Å². The molecule has 1 N–H and O–H groups in total. The van der Waals surface area contributed by atoms with E-state index in [-0.39, 0.29) is 0 Å². The van der Waals surface area contributed by atoms with Gasteiger partial charge in [-0.25, -0.2) is 0 Å². The second kappa shape index (κ2) is 4.19. The van der Waals surface area contributed by atoms with Crippen LogP contribution in [0.5, 0.6) is 0 Å². The summed E-state index contributed by atoms with van der Waals surface area (Å²) >= 11 is 0. The first kappa shape index (κ1) is 10.8. The highest BCUT2D eigenvalue weighted by Crippen LogP contribution is 2.42. The normalized spacial score (nSPS) is 16.4. The van der Waals surface area contributed by atoms with Crippen LogP contribution in [0.15, 0.2) is 24.3 Å². The molecule has 1 aromatic heterocycles. The smallest absolute Gasteiger partial charge is 0.0483 e. The summed E-state index contributed by atoms with van der Waals surface area (Å²) in [5.74, 6) is 0.796. The number of aromatic nitrogens is 1. The molecule has 0 spiro atoms. The van der Waals surface area contributed by atoms with Crippen molar-refractivity contribution < 1.29 is 0 Å². The maximum absolute atomic E-state index is 3.31. The maximum Gasteiger partial charge on any atom is 0.0483 e. The van der Waals surface area contributed by atoms with Crippen molar-refractivity contribution in [1.29, 1.82) is 0 Å². The lowest BCUT2D eigenvalue weighted by Gasteiger charge is -2.27. The fourth-order valence-electron chi connectivity index (χ4n) is 3.01. The number of nitrogens with zero attached hydrogens (tertiary/aromatic N) is 1. The fourth-order valence-corrected chi connectivity index (χ4v) is 3.01. The van der Waals surface area contributed by atoms with Gasteiger partial charge in [-0.05, 0) is 37.4 Å². The van der Waals surface area contributed by atoms with Gasteiger partial charge in [-0.3, -0.25) is 0 Å². The molecule has 0 unspecified atom stereocenters. The lowest BCUT2D eigenvalue weighted by molar-refractivity contribution is 0.417. The first-order chi connectivity index (χ1) is 8.33. The molecule has 0 aliphatic heterocycles. The second-order valence-electron chi connectivity index (χ2n) is 5.09. The van der Waals surface area contributed by atoms with Crippen molar-refractivity contribution in [3.63, 3.8) is 0 Å². The van der Waals surface area contributed by atoms with Crippen LogP contribution >= 0.6 is 0 Å². The Morgan fingerprint density at radius 2 is 2.06 bits per heavy atom. The highest BCUT2D eigenvalue weighted by Gasteiger charge is 2.26. The lowest BCUT2D eigenvalue weighted by atomic mass is 9.78. The standard InChI is InChI=1S/C15H20N2/c1-16-10-14-15(11-6-5-7-11)12-8-3-4-9-13(12)17(14)2/h3-4,8-9,11,16H,5-7,10H2,1-2H3. The van der Waals surface area contributed by atoms with Gasteiger partial charge in [-0.2, -0.15) is 0 Å². The van der Waals surface area contributed by atoms with Crippen molar-refractivity contribution in [2.24, 2.45) is 7.05 Å². The summed E-state index contributed by atoms with van der Waals surface area (Å²) in [6.45, 7) is 0.969. The number of nitrogens with one attached hydrogen (secondary N) is 1. The third-order valence-corrected chi connectivity index (χ3v) is 4.13. The molecule has 2 heteroatoms. The Hall–Kier alpha value is -1.28. The van der Waals surface area contributed by atoms with E-state index in [1.807, 2.05) is 7.05 Å². The molecule has 2 aromatic rings. The van der Waals surface area contributed by atoms with Crippen LogP contribution in [0.25, 0.3) is 10.9 Å². The van der Waals surface area contributed by atoms with Crippen molar-refractivity contribution in [1.82, 2.24) is 9.88 Å². The van der Waals surface area contributed by atoms with Gasteiger partial charge in [0.15, 0.2) is 0 Å². The van der Waals surface area contributed by atoms with Crippen LogP contribution in [0, 0.1) is 0 Å². The monoisotopic (exact) mass is 228 g/mol. The average molecular weight is 228 g/mol. The third kappa shape index (κ3) is 1.59. The van der Waals surface area contributed by atoms with E-state index in [2.05, 4.69) is 41.2 Å². The molecule has 17 heavy (non-hydrogen) atoms. The molecule has 0 saturated heterocycles. The molecule has 2 nitrogen and oxygen atoms in total. The molecule has 1 heterocycles. The summed E-state index contributed by atoms with van der Waals surface area (Å²) in [6, 6.07) is 8.81. The highest BCUT2D eigenvalue weighted by atomic mass is 15.0. The summed E-state index contributed by atoms with van der Waals surface area (Å²) < 4.78 is 2.36. The molecule has 3 rings (SSSR count). The molecular formula is C15H20N2. The Morgan fingerprint density at radius 3 is 2.71 bits per heavy atom. The largest absolute Gasteiger partial charge is 0.346 e. The molecule has 1 fully saturated rings. The zero-order chi connectivity index (χ0) is 11.8. The predicted molar refractivity (Wildman–Crippen MR) is 72.3 cm³/mol. The van der Waals surface area contributed by atoms with E-state index in [1.165, 1.54) is 35.9 Å². The average Bonchev–Trinajstić information content (AvgIpc) is 2.54. The van der Waals surface area contributed by atoms with Gasteiger partial charge in [0.1, 0.15) is 0 Å². The van der Waals surface area contributed by atoms with Gasteiger partial charge < -0.3 is 9.88 Å². The van der Waals surface area contributed by atoms with E-state index in [4.69, 9.17) is 0 Å². The zero-order valence-electron chi connectivity index (χ0n) is 10.7. The molecule has 0 radical (unpaired) electrons. The van der Waals surface area contributed by atoms with Crippen LogP contribution < -0.4 is 5.32 Å². The second-order valence-corrected chi connectivity index (χ2v) is 5.09. The molecule has 90 valence electrons. The van der Waals surface area contributed by atoms with Crippen LogP contribution in [-0.4, -0.2) is 11.6 Å². The van der Waals surface area contributed by atoms with Gasteiger partial charge in [-0.1, -0.05) is 24.6 Å². The number of para-hydroxylation sites is 1. The van der Waals surface area contributed by atoms with E-state index in [9.17, 15) is 0 Å². The Bertz CT molecular complexity index is 535. The van der Waals surface area contributed by atoms with Crippen LogP contribution in [0.1, 0.15) is 36.4 Å². The quantitative estimate of drug-likeness (QED) is 0.854. The summed E-state index contributed by atoms with van der Waals surface area (Å²) in [5, 5.41) is 4.77. The zero-order valence-corrected chi connectivity index (χ0v) is 10.7. The van der Waals surface area contributed by atoms with Crippen molar-refractivity contribution in [2.45, 2.75) is 31.7 Å². The Balaban J connectivity index is 2.23. The molecule has 1 aliphatic rings. The van der Waals surface area contributed by atoms with Crippen molar-refractivity contribution in [3.8, 4) is 0 Å². The lowest BCUT2D eigenvalue weighted by Crippen LogP contribution is -2.15. The van der Waals surface area contributed by atoms with Crippen molar-refractivity contribution in [2.75, 3.05) is 7.05 Å². The number of fused-ring (bicyclic) bond motifs is 1. The number of aryl methyl sites for hydroxylation is 1. The van der Waals surface area contributed by atoms with E-state index in [0.29, 0.717) is 0 Å². The number of benzene rings is 1. The molecule has 0 bridgehead atoms. The first-order valence-corrected chi connectivity index (χ1v) is 6.53. The van der Waals surface area contributed by atoms with Gasteiger partial charge in [-0.15, -0.1) is 0 Å². The number of hydrogen-bond donors (Lipinski definition) is 1. The van der Waals surface area contributed by atoms with Crippen molar-refractivity contribution in [3.05, 3.63) is 35.5 Å². The van der Waals surface area contributed by atoms with Gasteiger partial charge in [0, 0.05) is 30.2 Å². The highest BCUT2D eigenvalue weighted by molar-refractivity contribution is 5.86. The minimum atomic E-state index is 0.796. The first-order valence-electron chi connectivity index (χ1n) is 6.53. The fraction of sp³-hybridized carbons (Fsp3) is 0.467. The molecule has 1 aliphatic carbocycles. The van der Waals surface area contributed by atoms with Gasteiger partial charge >= 0.3 is 0 Å². The minimum Gasteiger partial charge on any atom is -0.346 e. The summed E-state index contributed by atoms with van der Waals surface area (Å²) in [4.78, 5) is 0. The molecule has 0 atom stereocenters. The molecular weight excluding hydrogens is 208 g/mol. The Kier molecular flexibility index (Phi) is 2.67. The van der Waals surface area contributed by atoms with E-state index in [1.54, 1.807) is 5.56 Å². The van der Waals surface area contributed by atoms with Gasteiger partial charge in [0.2, 0.25) is 0 Å². The van der Waals surface area contributed by atoms with Gasteiger partial charge in [0.25, 0.3) is 0 Å². The van der Waals surface area contributed by atoms with E-state index < -0.39 is 0 Å². The molecule has 1 aromatic carbocycles. The molecule has 0 amide bonds. The van der Waals surface area contributed by atoms with Crippen LogP contribution in [-0.2, 0) is 13.6 Å². The summed E-state index contributed by atoms with van der Waals surface area (Å²) in [5.41, 5.74) is 4.45. The number of rotatable bonds is 3. The molecule has 1 saturated carbocycles. The third-order valence-electron chi connectivity index (χ3n) is 4.13.